The number of amides is 1. The van der Waals surface area contributed by atoms with Crippen LogP contribution in [-0.2, 0) is 0 Å². The maximum Gasteiger partial charge on any atom is 0.270 e. The fourth-order valence-electron chi connectivity index (χ4n) is 2.75. The van der Waals surface area contributed by atoms with Gasteiger partial charge in [-0.2, -0.15) is 0 Å². The van der Waals surface area contributed by atoms with Gasteiger partial charge in [0.25, 0.3) is 5.91 Å². The van der Waals surface area contributed by atoms with Gasteiger partial charge >= 0.3 is 0 Å². The van der Waals surface area contributed by atoms with E-state index in [1.165, 1.54) is 0 Å². The van der Waals surface area contributed by atoms with Gasteiger partial charge in [-0.05, 0) is 19.1 Å². The third-order valence-electron chi connectivity index (χ3n) is 4.04. The molecule has 3 aromatic rings. The molecule has 0 fully saturated rings. The summed E-state index contributed by atoms with van der Waals surface area (Å²) in [5.74, 6) is 0.951. The van der Waals surface area contributed by atoms with Crippen LogP contribution in [0.5, 0.6) is 0 Å². The fourth-order valence-corrected chi connectivity index (χ4v) is 2.75. The Bertz CT molecular complexity index is 910. The van der Waals surface area contributed by atoms with Gasteiger partial charge in [0.2, 0.25) is 0 Å². The highest BCUT2D eigenvalue weighted by molar-refractivity contribution is 5.93. The fraction of sp³-hybridized carbons (Fsp3) is 0.136. The lowest BCUT2D eigenvalue weighted by molar-refractivity contribution is 0.0953. The molecule has 27 heavy (non-hydrogen) atoms. The van der Waals surface area contributed by atoms with Gasteiger partial charge in [-0.15, -0.1) is 6.58 Å². The van der Waals surface area contributed by atoms with E-state index in [-0.39, 0.29) is 5.91 Å². The summed E-state index contributed by atoms with van der Waals surface area (Å²) in [5, 5.41) is 2.79. The molecule has 0 aliphatic carbocycles. The summed E-state index contributed by atoms with van der Waals surface area (Å²) in [7, 11) is 0. The minimum atomic E-state index is -0.250. The van der Waals surface area contributed by atoms with Gasteiger partial charge in [-0.1, -0.05) is 54.6 Å². The molecule has 0 aliphatic heterocycles. The Balaban J connectivity index is 2.09. The maximum atomic E-state index is 12.5. The van der Waals surface area contributed by atoms with E-state index >= 15 is 0 Å². The third-order valence-corrected chi connectivity index (χ3v) is 4.04. The van der Waals surface area contributed by atoms with Crippen LogP contribution < -0.4 is 10.2 Å². The summed E-state index contributed by atoms with van der Waals surface area (Å²) in [6.07, 6.45) is 1.64. The molecule has 1 N–H and O–H groups in total. The lowest BCUT2D eigenvalue weighted by atomic mass is 10.2. The zero-order valence-electron chi connectivity index (χ0n) is 15.3. The van der Waals surface area contributed by atoms with E-state index in [4.69, 9.17) is 4.98 Å². The van der Waals surface area contributed by atoms with Crippen LogP contribution in [-0.4, -0.2) is 29.0 Å². The second-order valence-corrected chi connectivity index (χ2v) is 5.88. The van der Waals surface area contributed by atoms with Gasteiger partial charge in [0.15, 0.2) is 5.82 Å². The SMILES string of the molecule is C=CCNC(=O)c1cc(N(CC)c2ccccc2)nc(-c2ccccc2)n1. The van der Waals surface area contributed by atoms with Crippen LogP contribution in [0.4, 0.5) is 11.5 Å². The Hall–Kier alpha value is -3.47. The number of nitrogens with one attached hydrogen (secondary N) is 1. The molecule has 5 nitrogen and oxygen atoms in total. The number of carbonyl (C=O) groups excluding carboxylic acids is 1. The molecule has 136 valence electrons. The van der Waals surface area contributed by atoms with Crippen LogP contribution in [0.1, 0.15) is 17.4 Å². The molecule has 0 saturated heterocycles. The van der Waals surface area contributed by atoms with Crippen molar-refractivity contribution in [1.82, 2.24) is 15.3 Å². The van der Waals surface area contributed by atoms with Crippen molar-refractivity contribution in [2.24, 2.45) is 0 Å². The van der Waals surface area contributed by atoms with Gasteiger partial charge in [0.1, 0.15) is 11.5 Å². The van der Waals surface area contributed by atoms with Gasteiger partial charge in [-0.3, -0.25) is 4.79 Å². The predicted octanol–water partition coefficient (Wildman–Crippen LogP) is 4.22. The van der Waals surface area contributed by atoms with E-state index in [9.17, 15) is 4.79 Å². The van der Waals surface area contributed by atoms with Crippen LogP contribution in [0.2, 0.25) is 0 Å². The molecule has 3 rings (SSSR count). The Kier molecular flexibility index (Phi) is 5.94. The van der Waals surface area contributed by atoms with Crippen molar-refractivity contribution in [2.75, 3.05) is 18.0 Å². The molecular weight excluding hydrogens is 336 g/mol. The molecule has 0 radical (unpaired) electrons. The molecule has 5 heteroatoms. The normalized spacial score (nSPS) is 10.3. The molecule has 0 spiro atoms. The molecule has 2 aromatic carbocycles. The van der Waals surface area contributed by atoms with E-state index in [1.807, 2.05) is 60.7 Å². The standard InChI is InChI=1S/C22H22N4O/c1-3-15-23-22(27)19-16-20(26(4-2)18-13-9-6-10-14-18)25-21(24-19)17-11-7-5-8-12-17/h3,5-14,16H,1,4,15H2,2H3,(H,23,27). The lowest BCUT2D eigenvalue weighted by Gasteiger charge is -2.23. The van der Waals surface area contributed by atoms with Crippen LogP contribution in [0.15, 0.2) is 79.4 Å². The average molecular weight is 358 g/mol. The van der Waals surface area contributed by atoms with Crippen molar-refractivity contribution in [2.45, 2.75) is 6.92 Å². The van der Waals surface area contributed by atoms with Crippen LogP contribution in [0.25, 0.3) is 11.4 Å². The van der Waals surface area contributed by atoms with Crippen LogP contribution in [0, 0.1) is 0 Å². The molecule has 0 unspecified atom stereocenters. The summed E-state index contributed by atoms with van der Waals surface area (Å²) in [6, 6.07) is 21.4. The highest BCUT2D eigenvalue weighted by atomic mass is 16.1. The first-order valence-electron chi connectivity index (χ1n) is 8.89. The topological polar surface area (TPSA) is 58.1 Å². The first-order valence-corrected chi connectivity index (χ1v) is 8.89. The van der Waals surface area contributed by atoms with E-state index < -0.39 is 0 Å². The molecule has 0 saturated carbocycles. The van der Waals surface area contributed by atoms with Gasteiger partial charge in [0, 0.05) is 30.4 Å². The predicted molar refractivity (Wildman–Crippen MR) is 109 cm³/mol. The van der Waals surface area contributed by atoms with Crippen molar-refractivity contribution in [3.8, 4) is 11.4 Å². The van der Waals surface area contributed by atoms with Gasteiger partial charge < -0.3 is 10.2 Å². The monoisotopic (exact) mass is 358 g/mol. The first-order chi connectivity index (χ1) is 13.2. The summed E-state index contributed by atoms with van der Waals surface area (Å²) in [5.41, 5.74) is 2.20. The van der Waals surface area contributed by atoms with Gasteiger partial charge in [0.05, 0.1) is 0 Å². The van der Waals surface area contributed by atoms with Crippen molar-refractivity contribution < 1.29 is 4.79 Å². The number of hydrogen-bond donors (Lipinski definition) is 1. The molecule has 0 bridgehead atoms. The van der Waals surface area contributed by atoms with E-state index in [0.717, 1.165) is 11.3 Å². The number of anilines is 2. The van der Waals surface area contributed by atoms with Crippen molar-refractivity contribution in [1.29, 1.82) is 0 Å². The van der Waals surface area contributed by atoms with Crippen molar-refractivity contribution in [3.05, 3.63) is 85.1 Å². The number of hydrogen-bond acceptors (Lipinski definition) is 4. The molecule has 1 aromatic heterocycles. The number of rotatable bonds is 7. The molecule has 0 atom stereocenters. The van der Waals surface area contributed by atoms with E-state index in [2.05, 4.69) is 28.7 Å². The van der Waals surface area contributed by atoms with E-state index in [0.29, 0.717) is 30.4 Å². The maximum absolute atomic E-state index is 12.5. The Morgan fingerprint density at radius 2 is 1.74 bits per heavy atom. The highest BCUT2D eigenvalue weighted by Crippen LogP contribution is 2.26. The second kappa shape index (κ2) is 8.76. The quantitative estimate of drug-likeness (QED) is 0.643. The Morgan fingerprint density at radius 1 is 1.07 bits per heavy atom. The largest absolute Gasteiger partial charge is 0.347 e. The molecule has 1 amide bonds. The van der Waals surface area contributed by atoms with Crippen LogP contribution in [0.3, 0.4) is 0 Å². The molecule has 0 aliphatic rings. The van der Waals surface area contributed by atoms with Gasteiger partial charge in [-0.25, -0.2) is 9.97 Å². The summed E-state index contributed by atoms with van der Waals surface area (Å²) in [6.45, 7) is 6.78. The Morgan fingerprint density at radius 3 is 2.37 bits per heavy atom. The number of benzene rings is 2. The smallest absolute Gasteiger partial charge is 0.270 e. The van der Waals surface area contributed by atoms with Crippen LogP contribution >= 0.6 is 0 Å². The van der Waals surface area contributed by atoms with Crippen molar-refractivity contribution in [3.63, 3.8) is 0 Å². The minimum Gasteiger partial charge on any atom is -0.347 e. The summed E-state index contributed by atoms with van der Waals surface area (Å²) >= 11 is 0. The lowest BCUT2D eigenvalue weighted by Crippen LogP contribution is -2.26. The third kappa shape index (κ3) is 4.39. The van der Waals surface area contributed by atoms with E-state index in [1.54, 1.807) is 12.1 Å². The average Bonchev–Trinajstić information content (AvgIpc) is 2.74. The number of para-hydroxylation sites is 1. The first kappa shape index (κ1) is 18.3. The summed E-state index contributed by atoms with van der Waals surface area (Å²) < 4.78 is 0. The zero-order valence-corrected chi connectivity index (χ0v) is 15.3. The molecule has 1 heterocycles. The number of carbonyl (C=O) groups is 1. The Labute approximate surface area is 159 Å². The summed E-state index contributed by atoms with van der Waals surface area (Å²) in [4.78, 5) is 23.8. The van der Waals surface area contributed by atoms with Crippen molar-refractivity contribution >= 4 is 17.4 Å². The highest BCUT2D eigenvalue weighted by Gasteiger charge is 2.16. The zero-order chi connectivity index (χ0) is 19.1. The number of nitrogens with zero attached hydrogens (tertiary/aromatic N) is 3. The molecular formula is C22H22N4O. The second-order valence-electron chi connectivity index (χ2n) is 5.88. The minimum absolute atomic E-state index is 0.250. The number of aromatic nitrogens is 2.